The summed E-state index contributed by atoms with van der Waals surface area (Å²) in [5.74, 6) is 0.547. The molecule has 108 valence electrons. The highest BCUT2D eigenvalue weighted by molar-refractivity contribution is 6.06. The number of nitrogens with zero attached hydrogens (tertiary/aromatic N) is 2. The molecule has 0 spiro atoms. The number of piperidine rings is 1. The SMILES string of the molecule is CC(=NO)c1ccccc1NC(=O)N1CCCC(C)C1. The van der Waals surface area contributed by atoms with Crippen molar-refractivity contribution in [2.24, 2.45) is 11.1 Å². The van der Waals surface area contributed by atoms with Crippen LogP contribution >= 0.6 is 0 Å². The summed E-state index contributed by atoms with van der Waals surface area (Å²) in [6.45, 7) is 5.45. The summed E-state index contributed by atoms with van der Waals surface area (Å²) in [7, 11) is 0. The van der Waals surface area contributed by atoms with E-state index in [0.29, 0.717) is 17.3 Å². The topological polar surface area (TPSA) is 64.9 Å². The van der Waals surface area contributed by atoms with Crippen molar-refractivity contribution in [1.82, 2.24) is 4.90 Å². The molecule has 1 aromatic rings. The van der Waals surface area contributed by atoms with Gasteiger partial charge in [-0.1, -0.05) is 30.3 Å². The Bertz CT molecular complexity index is 514. The maximum Gasteiger partial charge on any atom is 0.321 e. The molecule has 20 heavy (non-hydrogen) atoms. The molecule has 1 aliphatic heterocycles. The molecule has 0 radical (unpaired) electrons. The van der Waals surface area contributed by atoms with Crippen molar-refractivity contribution in [3.05, 3.63) is 29.8 Å². The second-order valence-corrected chi connectivity index (χ2v) is 5.35. The van der Waals surface area contributed by atoms with Crippen LogP contribution in [0.5, 0.6) is 0 Å². The van der Waals surface area contributed by atoms with Crippen LogP contribution in [0.15, 0.2) is 29.4 Å². The van der Waals surface area contributed by atoms with E-state index in [1.54, 1.807) is 6.92 Å². The zero-order chi connectivity index (χ0) is 14.5. The number of benzene rings is 1. The maximum absolute atomic E-state index is 12.3. The molecule has 2 N–H and O–H groups in total. The lowest BCUT2D eigenvalue weighted by Gasteiger charge is -2.31. The zero-order valence-corrected chi connectivity index (χ0v) is 12.0. The van der Waals surface area contributed by atoms with Gasteiger partial charge in [-0.25, -0.2) is 4.79 Å². The summed E-state index contributed by atoms with van der Waals surface area (Å²) in [6.07, 6.45) is 2.23. The molecule has 1 unspecified atom stereocenters. The Labute approximate surface area is 119 Å². The fourth-order valence-electron chi connectivity index (χ4n) is 2.53. The fourth-order valence-corrected chi connectivity index (χ4v) is 2.53. The van der Waals surface area contributed by atoms with Gasteiger partial charge >= 0.3 is 6.03 Å². The van der Waals surface area contributed by atoms with Gasteiger partial charge in [0.05, 0.1) is 11.4 Å². The highest BCUT2D eigenvalue weighted by Crippen LogP contribution is 2.19. The summed E-state index contributed by atoms with van der Waals surface area (Å²) in [6, 6.07) is 7.25. The molecular weight excluding hydrogens is 254 g/mol. The largest absolute Gasteiger partial charge is 0.411 e. The molecule has 0 aliphatic carbocycles. The second kappa shape index (κ2) is 6.41. The number of hydrogen-bond donors (Lipinski definition) is 2. The molecule has 1 atom stereocenters. The van der Waals surface area contributed by atoms with E-state index < -0.39 is 0 Å². The molecule has 0 bridgehead atoms. The van der Waals surface area contributed by atoms with E-state index in [1.807, 2.05) is 29.2 Å². The number of carbonyl (C=O) groups excluding carboxylic acids is 1. The third kappa shape index (κ3) is 3.29. The smallest absolute Gasteiger partial charge is 0.321 e. The summed E-state index contributed by atoms with van der Waals surface area (Å²) >= 11 is 0. The third-order valence-electron chi connectivity index (χ3n) is 3.65. The average molecular weight is 275 g/mol. The first-order chi connectivity index (χ1) is 9.61. The van der Waals surface area contributed by atoms with Gasteiger partial charge in [-0.3, -0.25) is 0 Å². The number of likely N-dealkylation sites (tertiary alicyclic amines) is 1. The predicted octanol–water partition coefficient (Wildman–Crippen LogP) is 3.15. The molecule has 1 saturated heterocycles. The van der Waals surface area contributed by atoms with E-state index in [9.17, 15) is 4.79 Å². The van der Waals surface area contributed by atoms with Gasteiger partial charge in [-0.15, -0.1) is 0 Å². The van der Waals surface area contributed by atoms with Crippen molar-refractivity contribution in [2.45, 2.75) is 26.7 Å². The minimum absolute atomic E-state index is 0.0882. The number of carbonyl (C=O) groups is 1. The van der Waals surface area contributed by atoms with E-state index in [-0.39, 0.29) is 6.03 Å². The number of oxime groups is 1. The Hall–Kier alpha value is -2.04. The van der Waals surface area contributed by atoms with Gasteiger partial charge in [0.15, 0.2) is 0 Å². The minimum atomic E-state index is -0.0882. The lowest BCUT2D eigenvalue weighted by molar-refractivity contribution is 0.182. The molecular formula is C15H21N3O2. The molecule has 0 saturated carbocycles. The molecule has 1 fully saturated rings. The van der Waals surface area contributed by atoms with Crippen LogP contribution in [-0.2, 0) is 0 Å². The second-order valence-electron chi connectivity index (χ2n) is 5.35. The summed E-state index contributed by atoms with van der Waals surface area (Å²) in [4.78, 5) is 14.1. The van der Waals surface area contributed by atoms with Crippen molar-refractivity contribution < 1.29 is 10.0 Å². The normalized spacial score (nSPS) is 19.8. The van der Waals surface area contributed by atoms with Gasteiger partial charge in [0, 0.05) is 18.7 Å². The Kier molecular flexibility index (Phi) is 4.61. The lowest BCUT2D eigenvalue weighted by atomic mass is 10.0. The number of rotatable bonds is 2. The Balaban J connectivity index is 2.12. The van der Waals surface area contributed by atoms with E-state index >= 15 is 0 Å². The van der Waals surface area contributed by atoms with Gasteiger partial charge in [-0.2, -0.15) is 0 Å². The number of nitrogens with one attached hydrogen (secondary N) is 1. The van der Waals surface area contributed by atoms with Gasteiger partial charge in [0.2, 0.25) is 0 Å². The molecule has 1 heterocycles. The number of anilines is 1. The fraction of sp³-hybridized carbons (Fsp3) is 0.467. The average Bonchev–Trinajstić information content (AvgIpc) is 2.47. The van der Waals surface area contributed by atoms with Crippen LogP contribution in [0.2, 0.25) is 0 Å². The Morgan fingerprint density at radius 1 is 1.45 bits per heavy atom. The number of amides is 2. The first kappa shape index (κ1) is 14.4. The summed E-state index contributed by atoms with van der Waals surface area (Å²) in [5.41, 5.74) is 1.88. The number of hydrogen-bond acceptors (Lipinski definition) is 3. The first-order valence-electron chi connectivity index (χ1n) is 6.95. The Morgan fingerprint density at radius 3 is 2.90 bits per heavy atom. The lowest BCUT2D eigenvalue weighted by Crippen LogP contribution is -2.41. The van der Waals surface area contributed by atoms with Crippen molar-refractivity contribution in [2.75, 3.05) is 18.4 Å². The van der Waals surface area contributed by atoms with Crippen molar-refractivity contribution in [3.8, 4) is 0 Å². The van der Waals surface area contributed by atoms with E-state index in [2.05, 4.69) is 17.4 Å². The van der Waals surface area contributed by atoms with Gasteiger partial charge in [0.1, 0.15) is 0 Å². The zero-order valence-electron chi connectivity index (χ0n) is 12.0. The monoisotopic (exact) mass is 275 g/mol. The summed E-state index contributed by atoms with van der Waals surface area (Å²) < 4.78 is 0. The van der Waals surface area contributed by atoms with Crippen LogP contribution in [0, 0.1) is 5.92 Å². The van der Waals surface area contributed by atoms with Crippen LogP contribution in [0.1, 0.15) is 32.3 Å². The van der Waals surface area contributed by atoms with E-state index in [4.69, 9.17) is 5.21 Å². The quantitative estimate of drug-likeness (QED) is 0.494. The van der Waals surface area contributed by atoms with Crippen LogP contribution in [-0.4, -0.2) is 34.9 Å². The number of urea groups is 1. The van der Waals surface area contributed by atoms with Crippen molar-refractivity contribution >= 4 is 17.4 Å². The first-order valence-corrected chi connectivity index (χ1v) is 6.95. The number of para-hydroxylation sites is 1. The molecule has 1 aliphatic rings. The highest BCUT2D eigenvalue weighted by atomic mass is 16.4. The highest BCUT2D eigenvalue weighted by Gasteiger charge is 2.21. The van der Waals surface area contributed by atoms with Crippen LogP contribution < -0.4 is 5.32 Å². The molecule has 1 aromatic carbocycles. The van der Waals surface area contributed by atoms with Crippen LogP contribution in [0.4, 0.5) is 10.5 Å². The van der Waals surface area contributed by atoms with Crippen molar-refractivity contribution in [1.29, 1.82) is 0 Å². The Morgan fingerprint density at radius 2 is 2.20 bits per heavy atom. The predicted molar refractivity (Wildman–Crippen MR) is 79.4 cm³/mol. The van der Waals surface area contributed by atoms with Crippen LogP contribution in [0.25, 0.3) is 0 Å². The third-order valence-corrected chi connectivity index (χ3v) is 3.65. The van der Waals surface area contributed by atoms with Gasteiger partial charge in [0.25, 0.3) is 0 Å². The van der Waals surface area contributed by atoms with E-state index in [0.717, 1.165) is 25.1 Å². The minimum Gasteiger partial charge on any atom is -0.411 e. The molecule has 2 amide bonds. The van der Waals surface area contributed by atoms with Gasteiger partial charge in [-0.05, 0) is 31.7 Å². The molecule has 5 nitrogen and oxygen atoms in total. The van der Waals surface area contributed by atoms with E-state index in [1.165, 1.54) is 6.42 Å². The molecule has 0 aromatic heterocycles. The standard InChI is InChI=1S/C15H21N3O2/c1-11-6-5-9-18(10-11)15(19)16-14-8-4-3-7-13(14)12(2)17-20/h3-4,7-8,11,20H,5-6,9-10H2,1-2H3,(H,16,19). The van der Waals surface area contributed by atoms with Crippen molar-refractivity contribution in [3.63, 3.8) is 0 Å². The maximum atomic E-state index is 12.3. The summed E-state index contributed by atoms with van der Waals surface area (Å²) in [5, 5.41) is 15.0. The molecule has 5 heteroatoms. The van der Waals surface area contributed by atoms with Gasteiger partial charge < -0.3 is 15.4 Å². The molecule has 2 rings (SSSR count). The van der Waals surface area contributed by atoms with Crippen LogP contribution in [0.3, 0.4) is 0 Å².